The minimum Gasteiger partial charge on any atom is -0.481 e. The average Bonchev–Trinajstić information content (AvgIpc) is 2.82. The fourth-order valence-electron chi connectivity index (χ4n) is 4.08. The molecule has 0 bridgehead atoms. The average molecular weight is 538 g/mol. The van der Waals surface area contributed by atoms with Gasteiger partial charge in [-0.05, 0) is 67.8 Å². The molecule has 10 nitrogen and oxygen atoms in total. The Morgan fingerprint density at radius 1 is 1.00 bits per heavy atom. The Balaban J connectivity index is 1.85. The number of nitrogens with two attached hydrogens (primary N) is 2. The lowest BCUT2D eigenvalue weighted by Gasteiger charge is -2.22. The lowest BCUT2D eigenvalue weighted by molar-refractivity contribution is -0.137. The van der Waals surface area contributed by atoms with E-state index in [1.165, 1.54) is 30.3 Å². The number of carboxylic acids is 1. The van der Waals surface area contributed by atoms with Gasteiger partial charge in [-0.25, -0.2) is 13.4 Å². The summed E-state index contributed by atoms with van der Waals surface area (Å²) < 4.78 is 28.5. The number of carbonyl (C=O) groups is 2. The monoisotopic (exact) mass is 537 g/mol. The summed E-state index contributed by atoms with van der Waals surface area (Å²) in [7, 11) is -4.02. The molecule has 2 unspecified atom stereocenters. The number of nitrogens with zero attached hydrogens (tertiary/aromatic N) is 1. The number of amides is 1. The van der Waals surface area contributed by atoms with Gasteiger partial charge >= 0.3 is 5.97 Å². The molecule has 0 saturated heterocycles. The third-order valence-corrected chi connectivity index (χ3v) is 7.29. The number of sulfonamides is 1. The van der Waals surface area contributed by atoms with Gasteiger partial charge in [0.25, 0.3) is 10.0 Å². The molecular formula is C27H31N5O5S. The molecule has 0 aliphatic heterocycles. The SMILES string of the molecule is Cc1ccc(C(C)C(=O)NC(CC(=O)O)c2cccc(NS(=O)(=O)c3cccc(N=C(N)N)c3)c2)c(C)c1. The molecule has 0 heterocycles. The second-order valence-corrected chi connectivity index (χ2v) is 10.7. The molecule has 2 atom stereocenters. The van der Waals surface area contributed by atoms with Crippen molar-refractivity contribution in [1.29, 1.82) is 0 Å². The van der Waals surface area contributed by atoms with Crippen molar-refractivity contribution in [2.45, 2.75) is 44.0 Å². The van der Waals surface area contributed by atoms with Gasteiger partial charge in [0, 0.05) is 5.69 Å². The minimum atomic E-state index is -4.02. The van der Waals surface area contributed by atoms with Crippen LogP contribution in [0.3, 0.4) is 0 Å². The van der Waals surface area contributed by atoms with E-state index < -0.39 is 28.0 Å². The van der Waals surface area contributed by atoms with Crippen LogP contribution in [0, 0.1) is 13.8 Å². The van der Waals surface area contributed by atoms with Gasteiger partial charge in [-0.3, -0.25) is 14.3 Å². The highest BCUT2D eigenvalue weighted by Crippen LogP contribution is 2.26. The largest absolute Gasteiger partial charge is 0.481 e. The molecule has 11 heteroatoms. The van der Waals surface area contributed by atoms with Gasteiger partial charge in [-0.15, -0.1) is 0 Å². The Labute approximate surface area is 221 Å². The fourth-order valence-corrected chi connectivity index (χ4v) is 5.17. The molecule has 200 valence electrons. The van der Waals surface area contributed by atoms with Crippen molar-refractivity contribution in [3.8, 4) is 0 Å². The van der Waals surface area contributed by atoms with E-state index in [1.807, 2.05) is 32.0 Å². The van der Waals surface area contributed by atoms with Crippen molar-refractivity contribution < 1.29 is 23.1 Å². The third-order valence-electron chi connectivity index (χ3n) is 5.91. The number of aliphatic imine (C=N–C) groups is 1. The zero-order valence-electron chi connectivity index (χ0n) is 21.3. The Morgan fingerprint density at radius 3 is 2.37 bits per heavy atom. The highest BCUT2D eigenvalue weighted by molar-refractivity contribution is 7.92. The molecule has 38 heavy (non-hydrogen) atoms. The van der Waals surface area contributed by atoms with E-state index in [9.17, 15) is 23.1 Å². The maximum absolute atomic E-state index is 13.1. The van der Waals surface area contributed by atoms with Gasteiger partial charge in [0.2, 0.25) is 5.91 Å². The fraction of sp³-hybridized carbons (Fsp3) is 0.222. The molecule has 0 aliphatic carbocycles. The first-order chi connectivity index (χ1) is 17.9. The second kappa shape index (κ2) is 11.8. The first-order valence-corrected chi connectivity index (χ1v) is 13.3. The quantitative estimate of drug-likeness (QED) is 0.194. The van der Waals surface area contributed by atoms with Crippen molar-refractivity contribution in [3.63, 3.8) is 0 Å². The number of hydrogen-bond donors (Lipinski definition) is 5. The van der Waals surface area contributed by atoms with Gasteiger partial charge in [-0.1, -0.05) is 42.0 Å². The first-order valence-electron chi connectivity index (χ1n) is 11.8. The van der Waals surface area contributed by atoms with Gasteiger partial charge in [-0.2, -0.15) is 0 Å². The Bertz CT molecular complexity index is 1480. The molecule has 0 aliphatic rings. The van der Waals surface area contributed by atoms with Crippen LogP contribution < -0.4 is 21.5 Å². The Hall–Kier alpha value is -4.38. The van der Waals surface area contributed by atoms with Gasteiger partial charge in [0.15, 0.2) is 5.96 Å². The number of nitrogens with one attached hydrogen (secondary N) is 2. The minimum absolute atomic E-state index is 0.0666. The molecule has 0 saturated carbocycles. The predicted molar refractivity (Wildman–Crippen MR) is 147 cm³/mol. The summed E-state index contributed by atoms with van der Waals surface area (Å²) in [5.41, 5.74) is 14.5. The first kappa shape index (κ1) is 28.2. The van der Waals surface area contributed by atoms with Crippen molar-refractivity contribution in [1.82, 2.24) is 5.32 Å². The summed E-state index contributed by atoms with van der Waals surface area (Å²) in [6.07, 6.45) is -0.387. The maximum atomic E-state index is 13.1. The summed E-state index contributed by atoms with van der Waals surface area (Å²) in [4.78, 5) is 28.5. The van der Waals surface area contributed by atoms with Crippen LogP contribution in [0.1, 0.15) is 47.6 Å². The third kappa shape index (κ3) is 7.32. The number of hydrogen-bond acceptors (Lipinski definition) is 5. The van der Waals surface area contributed by atoms with Crippen molar-refractivity contribution in [2.24, 2.45) is 16.5 Å². The lowest BCUT2D eigenvalue weighted by Crippen LogP contribution is -2.33. The van der Waals surface area contributed by atoms with E-state index in [0.717, 1.165) is 16.7 Å². The van der Waals surface area contributed by atoms with E-state index in [2.05, 4.69) is 15.0 Å². The van der Waals surface area contributed by atoms with E-state index >= 15 is 0 Å². The summed E-state index contributed by atoms with van der Waals surface area (Å²) in [5, 5.41) is 12.3. The molecular weight excluding hydrogens is 506 g/mol. The number of benzene rings is 3. The highest BCUT2D eigenvalue weighted by Gasteiger charge is 2.24. The van der Waals surface area contributed by atoms with Crippen LogP contribution >= 0.6 is 0 Å². The number of anilines is 1. The number of rotatable bonds is 10. The molecule has 0 radical (unpaired) electrons. The van der Waals surface area contributed by atoms with Crippen LogP contribution in [0.5, 0.6) is 0 Å². The number of carboxylic acid groups (broad SMARTS) is 1. The molecule has 3 rings (SSSR count). The normalized spacial score (nSPS) is 12.7. The van der Waals surface area contributed by atoms with Crippen molar-refractivity contribution >= 4 is 39.2 Å². The summed E-state index contributed by atoms with van der Waals surface area (Å²) >= 11 is 0. The lowest BCUT2D eigenvalue weighted by atomic mass is 9.93. The molecule has 7 N–H and O–H groups in total. The highest BCUT2D eigenvalue weighted by atomic mass is 32.2. The Morgan fingerprint density at radius 2 is 1.71 bits per heavy atom. The van der Waals surface area contributed by atoms with Crippen LogP contribution in [0.25, 0.3) is 0 Å². The van der Waals surface area contributed by atoms with Gasteiger partial charge in [0.1, 0.15) is 0 Å². The summed E-state index contributed by atoms with van der Waals surface area (Å²) in [5.74, 6) is -2.19. The smallest absolute Gasteiger partial charge is 0.305 e. The summed E-state index contributed by atoms with van der Waals surface area (Å²) in [6.45, 7) is 5.64. The zero-order valence-corrected chi connectivity index (χ0v) is 22.1. The predicted octanol–water partition coefficient (Wildman–Crippen LogP) is 3.44. The number of aliphatic carboxylic acids is 1. The summed E-state index contributed by atoms with van der Waals surface area (Å²) in [6, 6.07) is 16.9. The Kier molecular flexibility index (Phi) is 8.74. The van der Waals surface area contributed by atoms with Gasteiger partial charge < -0.3 is 21.9 Å². The van der Waals surface area contributed by atoms with Crippen LogP contribution in [0.2, 0.25) is 0 Å². The van der Waals surface area contributed by atoms with E-state index in [0.29, 0.717) is 5.56 Å². The van der Waals surface area contributed by atoms with E-state index in [-0.39, 0.29) is 34.6 Å². The number of carbonyl (C=O) groups excluding carboxylic acids is 1. The maximum Gasteiger partial charge on any atom is 0.305 e. The van der Waals surface area contributed by atoms with Crippen molar-refractivity contribution in [2.75, 3.05) is 4.72 Å². The number of guanidine groups is 1. The van der Waals surface area contributed by atoms with Gasteiger partial charge in [0.05, 0.1) is 29.0 Å². The van der Waals surface area contributed by atoms with Crippen LogP contribution in [-0.4, -0.2) is 31.4 Å². The zero-order chi connectivity index (χ0) is 28.0. The van der Waals surface area contributed by atoms with Crippen LogP contribution in [0.15, 0.2) is 76.6 Å². The van der Waals surface area contributed by atoms with Crippen LogP contribution in [-0.2, 0) is 19.6 Å². The van der Waals surface area contributed by atoms with Crippen molar-refractivity contribution in [3.05, 3.63) is 89.0 Å². The second-order valence-electron chi connectivity index (χ2n) is 9.01. The molecule has 0 aromatic heterocycles. The molecule has 0 fully saturated rings. The number of aryl methyl sites for hydroxylation is 2. The van der Waals surface area contributed by atoms with E-state index in [1.54, 1.807) is 25.1 Å². The molecule has 0 spiro atoms. The molecule has 1 amide bonds. The van der Waals surface area contributed by atoms with Crippen LogP contribution in [0.4, 0.5) is 11.4 Å². The van der Waals surface area contributed by atoms with E-state index in [4.69, 9.17) is 11.5 Å². The standard InChI is InChI=1S/C27H31N5O5S/c1-16-10-11-23(17(2)12-16)18(3)26(35)31-24(15-25(33)34)19-6-4-8-21(13-19)32-38(36,37)22-9-5-7-20(14-22)30-27(28)29/h4-14,18,24,32H,15H2,1-3H3,(H,31,35)(H,33,34)(H4,28,29,30). The topological polar surface area (TPSA) is 177 Å². The molecule has 3 aromatic carbocycles. The molecule has 3 aromatic rings.